The molecule has 2 rings (SSSR count). The molecule has 2 saturated heterocycles. The summed E-state index contributed by atoms with van der Waals surface area (Å²) < 4.78 is 5.78. The monoisotopic (exact) mass is 173 g/mol. The summed E-state index contributed by atoms with van der Waals surface area (Å²) in [5, 5.41) is 3.83. The lowest BCUT2D eigenvalue weighted by Crippen LogP contribution is -2.41. The van der Waals surface area contributed by atoms with Gasteiger partial charge in [-0.25, -0.2) is 0 Å². The standard InChI is InChI=1S/C8H15NOS/c11-7-5-8(10-6-7)1-3-9-4-2-8/h7,9,11H,1-6H2. The molecular formula is C8H15NOS. The van der Waals surface area contributed by atoms with E-state index < -0.39 is 0 Å². The lowest BCUT2D eigenvalue weighted by Gasteiger charge is -2.32. The normalized spacial score (nSPS) is 36.3. The Bertz CT molecular complexity index is 140. The fourth-order valence-corrected chi connectivity index (χ4v) is 2.46. The van der Waals surface area contributed by atoms with Gasteiger partial charge in [-0.1, -0.05) is 0 Å². The van der Waals surface area contributed by atoms with Crippen LogP contribution in [-0.4, -0.2) is 30.5 Å². The van der Waals surface area contributed by atoms with E-state index in [0.29, 0.717) is 5.25 Å². The predicted molar refractivity (Wildman–Crippen MR) is 48.2 cm³/mol. The maximum Gasteiger partial charge on any atom is 0.0718 e. The summed E-state index contributed by atoms with van der Waals surface area (Å²) in [6, 6.07) is 0. The molecule has 0 aromatic heterocycles. The highest BCUT2D eigenvalue weighted by molar-refractivity contribution is 7.81. The maximum absolute atomic E-state index is 5.78. The molecule has 0 aromatic carbocycles. The first-order chi connectivity index (χ1) is 5.31. The molecule has 3 heteroatoms. The van der Waals surface area contributed by atoms with Gasteiger partial charge in [0.05, 0.1) is 12.2 Å². The molecule has 0 aromatic rings. The van der Waals surface area contributed by atoms with E-state index >= 15 is 0 Å². The van der Waals surface area contributed by atoms with Crippen molar-refractivity contribution in [3.05, 3.63) is 0 Å². The quantitative estimate of drug-likeness (QED) is 0.529. The first kappa shape index (κ1) is 7.90. The van der Waals surface area contributed by atoms with Crippen LogP contribution in [0.25, 0.3) is 0 Å². The van der Waals surface area contributed by atoms with Crippen molar-refractivity contribution in [2.75, 3.05) is 19.7 Å². The van der Waals surface area contributed by atoms with Crippen LogP contribution < -0.4 is 5.32 Å². The van der Waals surface area contributed by atoms with Crippen molar-refractivity contribution in [3.63, 3.8) is 0 Å². The average molecular weight is 173 g/mol. The fraction of sp³-hybridized carbons (Fsp3) is 1.00. The second kappa shape index (κ2) is 2.96. The molecule has 2 heterocycles. The van der Waals surface area contributed by atoms with E-state index in [0.717, 1.165) is 26.1 Å². The largest absolute Gasteiger partial charge is 0.374 e. The van der Waals surface area contributed by atoms with Gasteiger partial charge >= 0.3 is 0 Å². The van der Waals surface area contributed by atoms with Gasteiger partial charge in [-0.2, -0.15) is 12.6 Å². The van der Waals surface area contributed by atoms with Crippen molar-refractivity contribution in [1.82, 2.24) is 5.32 Å². The highest BCUT2D eigenvalue weighted by Crippen LogP contribution is 2.35. The van der Waals surface area contributed by atoms with Crippen molar-refractivity contribution >= 4 is 12.6 Å². The van der Waals surface area contributed by atoms with E-state index in [-0.39, 0.29) is 5.60 Å². The van der Waals surface area contributed by atoms with Crippen LogP contribution in [0.5, 0.6) is 0 Å². The van der Waals surface area contributed by atoms with Gasteiger partial charge < -0.3 is 10.1 Å². The minimum absolute atomic E-state index is 0.206. The molecule has 11 heavy (non-hydrogen) atoms. The smallest absolute Gasteiger partial charge is 0.0718 e. The second-order valence-electron chi connectivity index (χ2n) is 3.60. The summed E-state index contributed by atoms with van der Waals surface area (Å²) in [6.07, 6.45) is 3.49. The molecule has 1 spiro atoms. The van der Waals surface area contributed by atoms with E-state index in [1.165, 1.54) is 12.8 Å². The molecule has 0 saturated carbocycles. The third-order valence-electron chi connectivity index (χ3n) is 2.70. The highest BCUT2D eigenvalue weighted by atomic mass is 32.1. The number of hydrogen-bond donors (Lipinski definition) is 2. The van der Waals surface area contributed by atoms with Gasteiger partial charge in [-0.15, -0.1) is 0 Å². The van der Waals surface area contributed by atoms with Crippen LogP contribution in [0.4, 0.5) is 0 Å². The molecular weight excluding hydrogens is 158 g/mol. The molecule has 1 N–H and O–H groups in total. The Morgan fingerprint density at radius 3 is 2.64 bits per heavy atom. The Labute approximate surface area is 73.1 Å². The van der Waals surface area contributed by atoms with Crippen molar-refractivity contribution < 1.29 is 4.74 Å². The summed E-state index contributed by atoms with van der Waals surface area (Å²) in [6.45, 7) is 3.07. The van der Waals surface area contributed by atoms with Crippen molar-refractivity contribution in [3.8, 4) is 0 Å². The van der Waals surface area contributed by atoms with E-state index in [1.807, 2.05) is 0 Å². The van der Waals surface area contributed by atoms with Gasteiger partial charge in [-0.05, 0) is 32.4 Å². The molecule has 2 aliphatic rings. The summed E-state index contributed by atoms with van der Waals surface area (Å²) >= 11 is 4.43. The Kier molecular flexibility index (Phi) is 2.12. The van der Waals surface area contributed by atoms with Crippen molar-refractivity contribution in [1.29, 1.82) is 0 Å². The fourth-order valence-electron chi connectivity index (χ4n) is 2.05. The first-order valence-corrected chi connectivity index (χ1v) is 4.85. The van der Waals surface area contributed by atoms with Gasteiger partial charge in [0.2, 0.25) is 0 Å². The SMILES string of the molecule is SC1COC2(CCNCC2)C1. The summed E-state index contributed by atoms with van der Waals surface area (Å²) in [5.74, 6) is 0. The van der Waals surface area contributed by atoms with E-state index in [1.54, 1.807) is 0 Å². The number of rotatable bonds is 0. The highest BCUT2D eigenvalue weighted by Gasteiger charge is 2.39. The topological polar surface area (TPSA) is 21.3 Å². The average Bonchev–Trinajstić information content (AvgIpc) is 2.34. The van der Waals surface area contributed by atoms with Crippen LogP contribution in [0.15, 0.2) is 0 Å². The van der Waals surface area contributed by atoms with Gasteiger partial charge in [0.25, 0.3) is 0 Å². The summed E-state index contributed by atoms with van der Waals surface area (Å²) in [7, 11) is 0. The van der Waals surface area contributed by atoms with Crippen LogP contribution in [0.1, 0.15) is 19.3 Å². The molecule has 2 fully saturated rings. The third-order valence-corrected chi connectivity index (χ3v) is 3.04. The van der Waals surface area contributed by atoms with Gasteiger partial charge in [0.1, 0.15) is 0 Å². The summed E-state index contributed by atoms with van der Waals surface area (Å²) in [4.78, 5) is 0. The van der Waals surface area contributed by atoms with E-state index in [9.17, 15) is 0 Å². The number of thiol groups is 1. The van der Waals surface area contributed by atoms with E-state index in [4.69, 9.17) is 4.74 Å². The number of hydrogen-bond acceptors (Lipinski definition) is 3. The second-order valence-corrected chi connectivity index (χ2v) is 4.33. The lowest BCUT2D eigenvalue weighted by atomic mass is 9.89. The zero-order valence-electron chi connectivity index (χ0n) is 6.68. The molecule has 0 radical (unpaired) electrons. The molecule has 0 aliphatic carbocycles. The Balaban J connectivity index is 1.98. The number of ether oxygens (including phenoxy) is 1. The van der Waals surface area contributed by atoms with Gasteiger partial charge in [0, 0.05) is 5.25 Å². The molecule has 2 aliphatic heterocycles. The molecule has 1 atom stereocenters. The van der Waals surface area contributed by atoms with Crippen LogP contribution >= 0.6 is 12.6 Å². The number of piperidine rings is 1. The zero-order chi connectivity index (χ0) is 7.73. The first-order valence-electron chi connectivity index (χ1n) is 4.34. The third kappa shape index (κ3) is 1.55. The molecule has 0 bridgehead atoms. The minimum atomic E-state index is 0.206. The summed E-state index contributed by atoms with van der Waals surface area (Å²) in [5.41, 5.74) is 0.206. The van der Waals surface area contributed by atoms with Crippen LogP contribution in [-0.2, 0) is 4.74 Å². The Morgan fingerprint density at radius 2 is 2.09 bits per heavy atom. The Hall–Kier alpha value is 0.270. The van der Waals surface area contributed by atoms with Crippen LogP contribution in [0.3, 0.4) is 0 Å². The zero-order valence-corrected chi connectivity index (χ0v) is 7.57. The van der Waals surface area contributed by atoms with Gasteiger partial charge in [-0.3, -0.25) is 0 Å². The van der Waals surface area contributed by atoms with Crippen molar-refractivity contribution in [2.24, 2.45) is 0 Å². The number of nitrogens with one attached hydrogen (secondary N) is 1. The maximum atomic E-state index is 5.78. The molecule has 64 valence electrons. The van der Waals surface area contributed by atoms with E-state index in [2.05, 4.69) is 17.9 Å². The minimum Gasteiger partial charge on any atom is -0.374 e. The molecule has 1 unspecified atom stereocenters. The van der Waals surface area contributed by atoms with Gasteiger partial charge in [0.15, 0.2) is 0 Å². The lowest BCUT2D eigenvalue weighted by molar-refractivity contribution is -0.0190. The Morgan fingerprint density at radius 1 is 1.36 bits per heavy atom. The van der Waals surface area contributed by atoms with Crippen molar-refractivity contribution in [2.45, 2.75) is 30.1 Å². The molecule has 2 nitrogen and oxygen atoms in total. The van der Waals surface area contributed by atoms with Crippen LogP contribution in [0, 0.1) is 0 Å². The van der Waals surface area contributed by atoms with Crippen LogP contribution in [0.2, 0.25) is 0 Å². The predicted octanol–water partition coefficient (Wildman–Crippen LogP) is 0.827. The molecule has 0 amide bonds.